The Balaban J connectivity index is 2.24. The maximum atomic E-state index is 5.90. The minimum absolute atomic E-state index is 0.357. The first-order chi connectivity index (χ1) is 9.54. The van der Waals surface area contributed by atoms with Crippen molar-refractivity contribution in [1.82, 2.24) is 10.2 Å². The number of thiophene rings is 1. The normalized spacial score (nSPS) is 12.4. The van der Waals surface area contributed by atoms with Crippen LogP contribution in [0, 0.1) is 13.8 Å². The van der Waals surface area contributed by atoms with Crippen molar-refractivity contribution in [1.29, 1.82) is 0 Å². The first-order valence-corrected chi connectivity index (χ1v) is 7.70. The Labute approximate surface area is 124 Å². The fourth-order valence-electron chi connectivity index (χ4n) is 2.24. The first kappa shape index (κ1) is 14.9. The number of rotatable bonds is 5. The summed E-state index contributed by atoms with van der Waals surface area (Å²) in [5, 5.41) is 10.7. The van der Waals surface area contributed by atoms with Crippen LogP contribution in [0.25, 0.3) is 0 Å². The highest BCUT2D eigenvalue weighted by Crippen LogP contribution is 2.24. The van der Waals surface area contributed by atoms with E-state index >= 15 is 0 Å². The Morgan fingerprint density at radius 1 is 1.35 bits per heavy atom. The number of hydrogen-bond acceptors (Lipinski definition) is 5. The van der Waals surface area contributed by atoms with Crippen LogP contribution in [0.1, 0.15) is 28.6 Å². The quantitative estimate of drug-likeness (QED) is 0.920. The van der Waals surface area contributed by atoms with Gasteiger partial charge in [-0.15, -0.1) is 16.4 Å². The maximum absolute atomic E-state index is 5.90. The topological polar surface area (TPSA) is 55.0 Å². The summed E-state index contributed by atoms with van der Waals surface area (Å²) in [6.45, 7) is 6.73. The highest BCUT2D eigenvalue weighted by molar-refractivity contribution is 7.09. The molecule has 0 aromatic carbocycles. The maximum Gasteiger partial charge on any atom is 0.156 e. The van der Waals surface area contributed by atoms with Crippen molar-refractivity contribution in [3.05, 3.63) is 39.2 Å². The van der Waals surface area contributed by atoms with Gasteiger partial charge in [-0.3, -0.25) is 0 Å². The van der Waals surface area contributed by atoms with Crippen LogP contribution in [0.15, 0.2) is 17.5 Å². The van der Waals surface area contributed by atoms with Gasteiger partial charge < -0.3 is 10.6 Å². The lowest BCUT2D eigenvalue weighted by atomic mass is 10.1. The second kappa shape index (κ2) is 6.33. The molecule has 2 N–H and O–H groups in total. The largest absolute Gasteiger partial charge is 0.355 e. The molecule has 1 unspecified atom stereocenters. The third-order valence-corrected chi connectivity index (χ3v) is 4.73. The van der Waals surface area contributed by atoms with E-state index in [1.165, 1.54) is 4.88 Å². The van der Waals surface area contributed by atoms with E-state index in [4.69, 9.17) is 5.73 Å². The summed E-state index contributed by atoms with van der Waals surface area (Å²) in [6, 6.07) is 4.62. The molecule has 0 radical (unpaired) electrons. The summed E-state index contributed by atoms with van der Waals surface area (Å²) < 4.78 is 0. The summed E-state index contributed by atoms with van der Waals surface area (Å²) in [4.78, 5) is 3.57. The fourth-order valence-corrected chi connectivity index (χ4v) is 3.06. The smallest absolute Gasteiger partial charge is 0.156 e. The monoisotopic (exact) mass is 290 g/mol. The summed E-state index contributed by atoms with van der Waals surface area (Å²) >= 11 is 1.79. The van der Waals surface area contributed by atoms with E-state index in [0.29, 0.717) is 12.6 Å². The second-order valence-electron chi connectivity index (χ2n) is 5.16. The molecule has 108 valence electrons. The van der Waals surface area contributed by atoms with Crippen LogP contribution >= 0.6 is 11.3 Å². The van der Waals surface area contributed by atoms with E-state index in [0.717, 1.165) is 29.1 Å². The van der Waals surface area contributed by atoms with Crippen LogP contribution in [0.3, 0.4) is 0 Å². The van der Waals surface area contributed by atoms with Gasteiger partial charge in [-0.25, -0.2) is 0 Å². The Hall–Kier alpha value is -1.46. The molecule has 1 atom stereocenters. The molecule has 20 heavy (non-hydrogen) atoms. The van der Waals surface area contributed by atoms with E-state index in [1.54, 1.807) is 11.3 Å². The number of nitrogens with two attached hydrogens (primary N) is 1. The molecule has 5 heteroatoms. The zero-order valence-electron chi connectivity index (χ0n) is 12.6. The van der Waals surface area contributed by atoms with Crippen molar-refractivity contribution in [3.63, 3.8) is 0 Å². The van der Waals surface area contributed by atoms with Crippen LogP contribution < -0.4 is 10.6 Å². The van der Waals surface area contributed by atoms with Gasteiger partial charge in [0, 0.05) is 36.5 Å². The van der Waals surface area contributed by atoms with Gasteiger partial charge in [0.1, 0.15) is 0 Å². The van der Waals surface area contributed by atoms with E-state index in [2.05, 4.69) is 53.5 Å². The number of aryl methyl sites for hydroxylation is 1. The lowest BCUT2D eigenvalue weighted by molar-refractivity contribution is 0.667. The Morgan fingerprint density at radius 3 is 2.70 bits per heavy atom. The summed E-state index contributed by atoms with van der Waals surface area (Å²) in [6.07, 6.45) is 1.01. The molecule has 2 aromatic heterocycles. The Morgan fingerprint density at radius 2 is 2.10 bits per heavy atom. The lowest BCUT2D eigenvalue weighted by Crippen LogP contribution is -2.33. The molecule has 0 saturated heterocycles. The van der Waals surface area contributed by atoms with Crippen molar-refractivity contribution < 1.29 is 0 Å². The third-order valence-electron chi connectivity index (χ3n) is 3.84. The van der Waals surface area contributed by atoms with Gasteiger partial charge >= 0.3 is 0 Å². The van der Waals surface area contributed by atoms with Crippen LogP contribution in [0.2, 0.25) is 0 Å². The molecule has 2 aromatic rings. The highest BCUT2D eigenvalue weighted by Gasteiger charge is 2.18. The predicted molar refractivity (Wildman–Crippen MR) is 85.3 cm³/mol. The van der Waals surface area contributed by atoms with Gasteiger partial charge in [0.25, 0.3) is 0 Å². The minimum Gasteiger partial charge on any atom is -0.355 e. The molecule has 4 nitrogen and oxygen atoms in total. The van der Waals surface area contributed by atoms with Crippen molar-refractivity contribution >= 4 is 17.2 Å². The van der Waals surface area contributed by atoms with Crippen LogP contribution in [-0.2, 0) is 13.0 Å². The Bertz CT molecular complexity index is 566. The molecule has 2 heterocycles. The average molecular weight is 290 g/mol. The second-order valence-corrected chi connectivity index (χ2v) is 6.19. The average Bonchev–Trinajstić information content (AvgIpc) is 2.93. The molecular weight excluding hydrogens is 268 g/mol. The third kappa shape index (κ3) is 2.99. The van der Waals surface area contributed by atoms with Gasteiger partial charge in [-0.2, -0.15) is 5.10 Å². The predicted octanol–water partition coefficient (Wildman–Crippen LogP) is 2.68. The molecule has 0 amide bonds. The minimum atomic E-state index is 0.357. The molecule has 0 aliphatic carbocycles. The van der Waals surface area contributed by atoms with E-state index < -0.39 is 0 Å². The molecule has 0 aliphatic rings. The van der Waals surface area contributed by atoms with Gasteiger partial charge in [0.2, 0.25) is 0 Å². The van der Waals surface area contributed by atoms with Crippen LogP contribution in [0.4, 0.5) is 5.82 Å². The molecule has 0 bridgehead atoms. The summed E-state index contributed by atoms with van der Waals surface area (Å²) in [5.41, 5.74) is 9.10. The first-order valence-electron chi connectivity index (χ1n) is 6.82. The number of nitrogens with zero attached hydrogens (tertiary/aromatic N) is 3. The standard InChI is InChI=1S/C15H22N4S/c1-10(8-13-6-5-7-20-13)19(4)15-14(9-16)11(2)12(3)17-18-15/h5-7,10H,8-9,16H2,1-4H3. The van der Waals surface area contributed by atoms with Crippen molar-refractivity contribution in [2.75, 3.05) is 11.9 Å². The molecular formula is C15H22N4S. The Kier molecular flexibility index (Phi) is 4.73. The summed E-state index contributed by atoms with van der Waals surface area (Å²) in [7, 11) is 2.07. The van der Waals surface area contributed by atoms with Crippen molar-refractivity contribution in [2.45, 2.75) is 39.8 Å². The van der Waals surface area contributed by atoms with E-state index in [1.807, 2.05) is 6.92 Å². The molecule has 0 aliphatic heterocycles. The zero-order chi connectivity index (χ0) is 14.7. The van der Waals surface area contributed by atoms with Gasteiger partial charge in [0.15, 0.2) is 5.82 Å². The van der Waals surface area contributed by atoms with E-state index in [9.17, 15) is 0 Å². The number of likely N-dealkylation sites (N-methyl/N-ethyl adjacent to an activating group) is 1. The van der Waals surface area contributed by atoms with Crippen LogP contribution in [0.5, 0.6) is 0 Å². The zero-order valence-corrected chi connectivity index (χ0v) is 13.4. The lowest BCUT2D eigenvalue weighted by Gasteiger charge is -2.27. The number of hydrogen-bond donors (Lipinski definition) is 1. The highest BCUT2D eigenvalue weighted by atomic mass is 32.1. The van der Waals surface area contributed by atoms with Crippen molar-refractivity contribution in [2.24, 2.45) is 5.73 Å². The van der Waals surface area contributed by atoms with Gasteiger partial charge in [0.05, 0.1) is 5.69 Å². The van der Waals surface area contributed by atoms with E-state index in [-0.39, 0.29) is 0 Å². The van der Waals surface area contributed by atoms with Gasteiger partial charge in [-0.05, 0) is 37.8 Å². The number of anilines is 1. The van der Waals surface area contributed by atoms with Gasteiger partial charge in [-0.1, -0.05) is 6.07 Å². The fraction of sp³-hybridized carbons (Fsp3) is 0.467. The van der Waals surface area contributed by atoms with Crippen molar-refractivity contribution in [3.8, 4) is 0 Å². The van der Waals surface area contributed by atoms with Crippen LogP contribution in [-0.4, -0.2) is 23.3 Å². The SMILES string of the molecule is Cc1nnc(N(C)C(C)Cc2cccs2)c(CN)c1C. The molecule has 0 spiro atoms. The molecule has 0 fully saturated rings. The number of aromatic nitrogens is 2. The molecule has 2 rings (SSSR count). The summed E-state index contributed by atoms with van der Waals surface area (Å²) in [5.74, 6) is 0.902. The molecule has 0 saturated carbocycles.